The molecule has 1 fully saturated rings. The van der Waals surface area contributed by atoms with Crippen LogP contribution >= 0.6 is 0 Å². The second-order valence-electron chi connectivity index (χ2n) is 11.0. The highest BCUT2D eigenvalue weighted by Gasteiger charge is 2.44. The van der Waals surface area contributed by atoms with Gasteiger partial charge in [0.15, 0.2) is 5.79 Å². The maximum Gasteiger partial charge on any atom is 0.170 e. The van der Waals surface area contributed by atoms with Crippen LogP contribution in [-0.4, -0.2) is 51.6 Å². The van der Waals surface area contributed by atoms with Gasteiger partial charge in [-0.3, -0.25) is 0 Å². The molecule has 0 aromatic rings. The van der Waals surface area contributed by atoms with E-state index in [9.17, 15) is 15.3 Å². The molecule has 3 aliphatic carbocycles. The molecule has 33 heavy (non-hydrogen) atoms. The van der Waals surface area contributed by atoms with E-state index in [1.807, 2.05) is 6.08 Å². The Balaban J connectivity index is 1.45. The van der Waals surface area contributed by atoms with Gasteiger partial charge in [-0.2, -0.15) is 0 Å². The SMILES string of the molecule is CC1/C=C(\CC2(C)OC3CC/C=C/CCC3O2)CCC(/C2=C\C(O)C(O)CCCC2)CC1O. The summed E-state index contributed by atoms with van der Waals surface area (Å²) in [6.07, 6.45) is 18.0. The maximum atomic E-state index is 10.9. The lowest BCUT2D eigenvalue weighted by atomic mass is 9.78. The van der Waals surface area contributed by atoms with Crippen molar-refractivity contribution in [1.82, 2.24) is 0 Å². The maximum absolute atomic E-state index is 10.9. The van der Waals surface area contributed by atoms with Crippen molar-refractivity contribution in [3.8, 4) is 0 Å². The molecule has 0 amide bonds. The van der Waals surface area contributed by atoms with Crippen LogP contribution in [0.25, 0.3) is 0 Å². The van der Waals surface area contributed by atoms with Crippen LogP contribution < -0.4 is 0 Å². The third-order valence-corrected chi connectivity index (χ3v) is 8.13. The lowest BCUT2D eigenvalue weighted by Gasteiger charge is -2.32. The minimum absolute atomic E-state index is 0.0651. The van der Waals surface area contributed by atoms with E-state index < -0.39 is 24.1 Å². The first-order chi connectivity index (χ1) is 15.8. The van der Waals surface area contributed by atoms with Crippen LogP contribution in [0.1, 0.15) is 90.9 Å². The molecule has 3 N–H and O–H groups in total. The molecule has 0 aromatic carbocycles. The number of ether oxygens (including phenoxy) is 2. The van der Waals surface area contributed by atoms with Crippen LogP contribution in [0, 0.1) is 11.8 Å². The summed E-state index contributed by atoms with van der Waals surface area (Å²) in [6.45, 7) is 4.18. The topological polar surface area (TPSA) is 79.2 Å². The average molecular weight is 461 g/mol. The van der Waals surface area contributed by atoms with Gasteiger partial charge >= 0.3 is 0 Å². The normalized spacial score (nSPS) is 47.2. The summed E-state index contributed by atoms with van der Waals surface area (Å²) in [4.78, 5) is 0. The fourth-order valence-corrected chi connectivity index (χ4v) is 6.20. The van der Waals surface area contributed by atoms with Crippen LogP contribution in [-0.2, 0) is 9.47 Å². The van der Waals surface area contributed by atoms with E-state index in [1.54, 1.807) is 0 Å². The van der Waals surface area contributed by atoms with Gasteiger partial charge in [0.25, 0.3) is 0 Å². The Morgan fingerprint density at radius 3 is 2.27 bits per heavy atom. The fourth-order valence-electron chi connectivity index (χ4n) is 6.20. The molecule has 186 valence electrons. The summed E-state index contributed by atoms with van der Waals surface area (Å²) in [7, 11) is 0. The highest BCUT2D eigenvalue weighted by molar-refractivity contribution is 5.17. The van der Waals surface area contributed by atoms with Crippen molar-refractivity contribution in [3.63, 3.8) is 0 Å². The Kier molecular flexibility index (Phi) is 8.51. The molecule has 4 aliphatic rings. The molecule has 4 rings (SSSR count). The van der Waals surface area contributed by atoms with Crippen LogP contribution in [0.15, 0.2) is 35.5 Å². The highest BCUT2D eigenvalue weighted by atomic mass is 16.8. The minimum Gasteiger partial charge on any atom is -0.393 e. The Morgan fingerprint density at radius 1 is 0.879 bits per heavy atom. The van der Waals surface area contributed by atoms with Gasteiger partial charge in [-0.1, -0.05) is 48.8 Å². The van der Waals surface area contributed by atoms with Gasteiger partial charge in [-0.05, 0) is 77.0 Å². The molecule has 1 heterocycles. The number of hydrogen-bond acceptors (Lipinski definition) is 5. The predicted octanol–water partition coefficient (Wildman–Crippen LogP) is 4.95. The summed E-state index contributed by atoms with van der Waals surface area (Å²) in [6, 6.07) is 0. The van der Waals surface area contributed by atoms with Crippen LogP contribution in [0.2, 0.25) is 0 Å². The number of fused-ring (bicyclic) bond motifs is 1. The Labute approximate surface area is 199 Å². The molecule has 0 radical (unpaired) electrons. The monoisotopic (exact) mass is 460 g/mol. The number of aliphatic hydroxyl groups excluding tert-OH is 3. The van der Waals surface area contributed by atoms with E-state index >= 15 is 0 Å². The standard InChI is InChI=1S/C28H44O5/c1-19-15-20(18-28(2)32-26-11-5-3-4-6-12-27(26)33-28)13-14-22(16-24(19)30)21-9-7-8-10-23(29)25(31)17-21/h3-4,15,17,19,22-27,29-31H,5-14,16,18H2,1-2H3/b4-3+,20-15-,21-17-. The van der Waals surface area contributed by atoms with Crippen LogP contribution in [0.4, 0.5) is 0 Å². The molecule has 0 aromatic heterocycles. The smallest absolute Gasteiger partial charge is 0.170 e. The van der Waals surface area contributed by atoms with E-state index in [0.29, 0.717) is 12.8 Å². The number of aliphatic hydroxyl groups is 3. The molecular weight excluding hydrogens is 416 g/mol. The van der Waals surface area contributed by atoms with E-state index in [0.717, 1.165) is 64.2 Å². The first-order valence-electron chi connectivity index (χ1n) is 13.3. The zero-order valence-corrected chi connectivity index (χ0v) is 20.5. The zero-order valence-electron chi connectivity index (χ0n) is 20.5. The first kappa shape index (κ1) is 25.1. The molecule has 1 aliphatic heterocycles. The highest BCUT2D eigenvalue weighted by Crippen LogP contribution is 2.41. The summed E-state index contributed by atoms with van der Waals surface area (Å²) in [5, 5.41) is 31.5. The van der Waals surface area contributed by atoms with Crippen molar-refractivity contribution in [1.29, 1.82) is 0 Å². The van der Waals surface area contributed by atoms with Crippen LogP contribution in [0.5, 0.6) is 0 Å². The lowest BCUT2D eigenvalue weighted by molar-refractivity contribution is -0.161. The molecule has 7 unspecified atom stereocenters. The van der Waals surface area contributed by atoms with Gasteiger partial charge in [0.1, 0.15) is 0 Å². The Bertz CT molecular complexity index is 723. The van der Waals surface area contributed by atoms with Crippen molar-refractivity contribution >= 4 is 0 Å². The third kappa shape index (κ3) is 6.58. The number of allylic oxidation sites excluding steroid dienone is 3. The summed E-state index contributed by atoms with van der Waals surface area (Å²) in [5.74, 6) is -0.314. The molecule has 0 spiro atoms. The molecule has 0 saturated carbocycles. The van der Waals surface area contributed by atoms with Crippen molar-refractivity contribution in [3.05, 3.63) is 35.5 Å². The van der Waals surface area contributed by atoms with Gasteiger partial charge in [0, 0.05) is 12.3 Å². The second kappa shape index (κ2) is 11.2. The van der Waals surface area contributed by atoms with Crippen molar-refractivity contribution in [2.75, 3.05) is 0 Å². The quantitative estimate of drug-likeness (QED) is 0.519. The van der Waals surface area contributed by atoms with Crippen molar-refractivity contribution in [2.24, 2.45) is 11.8 Å². The predicted molar refractivity (Wildman–Crippen MR) is 130 cm³/mol. The average Bonchev–Trinajstić information content (AvgIpc) is 3.05. The zero-order chi connectivity index (χ0) is 23.4. The molecular formula is C28H44O5. The molecule has 5 heteroatoms. The first-order valence-corrected chi connectivity index (χ1v) is 13.3. The van der Waals surface area contributed by atoms with Crippen molar-refractivity contribution in [2.45, 2.75) is 127 Å². The summed E-state index contributed by atoms with van der Waals surface area (Å²) in [5.41, 5.74) is 2.51. The second-order valence-corrected chi connectivity index (χ2v) is 11.0. The number of rotatable bonds is 3. The van der Waals surface area contributed by atoms with Gasteiger partial charge < -0.3 is 24.8 Å². The van der Waals surface area contributed by atoms with E-state index in [-0.39, 0.29) is 24.0 Å². The summed E-state index contributed by atoms with van der Waals surface area (Å²) >= 11 is 0. The van der Waals surface area contributed by atoms with Gasteiger partial charge in [0.05, 0.1) is 30.5 Å². The van der Waals surface area contributed by atoms with E-state index in [4.69, 9.17) is 9.47 Å². The van der Waals surface area contributed by atoms with Crippen molar-refractivity contribution < 1.29 is 24.8 Å². The van der Waals surface area contributed by atoms with Gasteiger partial charge in [-0.15, -0.1) is 0 Å². The Morgan fingerprint density at radius 2 is 1.58 bits per heavy atom. The molecule has 7 atom stereocenters. The van der Waals surface area contributed by atoms with Gasteiger partial charge in [0.2, 0.25) is 0 Å². The minimum atomic E-state index is -0.805. The van der Waals surface area contributed by atoms with Gasteiger partial charge in [-0.25, -0.2) is 0 Å². The largest absolute Gasteiger partial charge is 0.393 e. The van der Waals surface area contributed by atoms with E-state index in [2.05, 4.69) is 32.1 Å². The van der Waals surface area contributed by atoms with Crippen LogP contribution in [0.3, 0.4) is 0 Å². The molecule has 1 saturated heterocycles. The lowest BCUT2D eigenvalue weighted by Crippen LogP contribution is -2.30. The summed E-state index contributed by atoms with van der Waals surface area (Å²) < 4.78 is 13.0. The Hall–Kier alpha value is -0.980. The van der Waals surface area contributed by atoms with E-state index in [1.165, 1.54) is 11.1 Å². The number of hydrogen-bond donors (Lipinski definition) is 3. The molecule has 5 nitrogen and oxygen atoms in total. The molecule has 0 bridgehead atoms. The fraction of sp³-hybridized carbons (Fsp3) is 0.786. The third-order valence-electron chi connectivity index (χ3n) is 8.13.